The maximum Gasteiger partial charge on any atom is 0.124 e. The lowest BCUT2D eigenvalue weighted by Crippen LogP contribution is -2.15. The normalized spacial score (nSPS) is 14.4. The second-order valence-corrected chi connectivity index (χ2v) is 5.43. The number of hydrogen-bond donors (Lipinski definition) is 1. The Morgan fingerprint density at radius 2 is 2.06 bits per heavy atom. The van der Waals surface area contributed by atoms with E-state index in [2.05, 4.69) is 48.1 Å². The van der Waals surface area contributed by atoms with Crippen LogP contribution in [0.1, 0.15) is 38.8 Å². The molecule has 2 atom stereocenters. The molecule has 0 fully saturated rings. The third-order valence-corrected chi connectivity index (χ3v) is 3.58. The van der Waals surface area contributed by atoms with E-state index in [9.17, 15) is 0 Å². The van der Waals surface area contributed by atoms with Gasteiger partial charge < -0.3 is 10.1 Å². The first kappa shape index (κ1) is 14.5. The summed E-state index contributed by atoms with van der Waals surface area (Å²) in [6.07, 6.45) is 1.15. The molecule has 1 N–H and O–H groups in total. The average Bonchev–Trinajstić information content (AvgIpc) is 2.35. The predicted octanol–water partition coefficient (Wildman–Crippen LogP) is 4.15. The monoisotopic (exact) mass is 299 g/mol. The summed E-state index contributed by atoms with van der Waals surface area (Å²) in [5.41, 5.74) is 1.20. The van der Waals surface area contributed by atoms with Gasteiger partial charge >= 0.3 is 0 Å². The molecule has 17 heavy (non-hydrogen) atoms. The van der Waals surface area contributed by atoms with Gasteiger partial charge in [-0.15, -0.1) is 0 Å². The third-order valence-electron chi connectivity index (χ3n) is 3.09. The zero-order valence-electron chi connectivity index (χ0n) is 11.1. The standard InChI is InChI=1S/C14H22BrNO/c1-5-10(2)9-17-14-7-6-12(15)8-13(14)11(3)16-4/h6-8,10-11,16H,5,9H2,1-4H3. The molecule has 0 saturated carbocycles. The van der Waals surface area contributed by atoms with E-state index in [4.69, 9.17) is 4.74 Å². The van der Waals surface area contributed by atoms with Gasteiger partial charge in [-0.1, -0.05) is 36.2 Å². The van der Waals surface area contributed by atoms with Crippen LogP contribution in [-0.4, -0.2) is 13.7 Å². The van der Waals surface area contributed by atoms with E-state index in [1.807, 2.05) is 19.2 Å². The van der Waals surface area contributed by atoms with Crippen LogP contribution in [0.25, 0.3) is 0 Å². The van der Waals surface area contributed by atoms with E-state index in [1.54, 1.807) is 0 Å². The van der Waals surface area contributed by atoms with Crippen molar-refractivity contribution in [3.63, 3.8) is 0 Å². The average molecular weight is 300 g/mol. The Labute approximate surface area is 113 Å². The minimum atomic E-state index is 0.291. The first-order valence-corrected chi connectivity index (χ1v) is 6.97. The van der Waals surface area contributed by atoms with Crippen molar-refractivity contribution in [2.75, 3.05) is 13.7 Å². The molecule has 0 radical (unpaired) electrons. The second-order valence-electron chi connectivity index (χ2n) is 4.52. The highest BCUT2D eigenvalue weighted by Gasteiger charge is 2.11. The minimum Gasteiger partial charge on any atom is -0.493 e. The molecule has 1 aromatic carbocycles. The molecule has 0 amide bonds. The zero-order chi connectivity index (χ0) is 12.8. The van der Waals surface area contributed by atoms with Crippen LogP contribution in [0.2, 0.25) is 0 Å². The lowest BCUT2D eigenvalue weighted by Gasteiger charge is -2.18. The summed E-state index contributed by atoms with van der Waals surface area (Å²) in [7, 11) is 1.96. The highest BCUT2D eigenvalue weighted by atomic mass is 79.9. The molecule has 0 aliphatic carbocycles. The van der Waals surface area contributed by atoms with E-state index in [0.717, 1.165) is 23.2 Å². The van der Waals surface area contributed by atoms with Crippen LogP contribution in [0.3, 0.4) is 0 Å². The SMILES string of the molecule is CCC(C)COc1ccc(Br)cc1C(C)NC. The highest BCUT2D eigenvalue weighted by molar-refractivity contribution is 9.10. The van der Waals surface area contributed by atoms with E-state index >= 15 is 0 Å². The number of halogens is 1. The third kappa shape index (κ3) is 4.32. The van der Waals surface area contributed by atoms with Crippen LogP contribution in [0.5, 0.6) is 5.75 Å². The van der Waals surface area contributed by atoms with Crippen molar-refractivity contribution in [2.45, 2.75) is 33.2 Å². The molecular weight excluding hydrogens is 278 g/mol. The van der Waals surface area contributed by atoms with Crippen LogP contribution in [0.4, 0.5) is 0 Å². The molecular formula is C14H22BrNO. The summed E-state index contributed by atoms with van der Waals surface area (Å²) >= 11 is 3.50. The van der Waals surface area contributed by atoms with Gasteiger partial charge in [0, 0.05) is 16.1 Å². The van der Waals surface area contributed by atoms with Crippen LogP contribution in [0, 0.1) is 5.92 Å². The molecule has 3 heteroatoms. The van der Waals surface area contributed by atoms with Gasteiger partial charge in [-0.05, 0) is 38.1 Å². The molecule has 1 aromatic rings. The molecule has 0 aliphatic heterocycles. The van der Waals surface area contributed by atoms with Gasteiger partial charge in [0.1, 0.15) is 5.75 Å². The Morgan fingerprint density at radius 3 is 2.65 bits per heavy atom. The number of hydrogen-bond acceptors (Lipinski definition) is 2. The Balaban J connectivity index is 2.83. The molecule has 96 valence electrons. The van der Waals surface area contributed by atoms with Crippen molar-refractivity contribution in [2.24, 2.45) is 5.92 Å². The number of rotatable bonds is 6. The van der Waals surface area contributed by atoms with Crippen LogP contribution >= 0.6 is 15.9 Å². The lowest BCUT2D eigenvalue weighted by atomic mass is 10.1. The first-order valence-electron chi connectivity index (χ1n) is 6.18. The summed E-state index contributed by atoms with van der Waals surface area (Å²) in [5.74, 6) is 1.58. The van der Waals surface area contributed by atoms with Gasteiger partial charge in [0.15, 0.2) is 0 Å². The fourth-order valence-corrected chi connectivity index (χ4v) is 1.87. The van der Waals surface area contributed by atoms with Crippen LogP contribution < -0.4 is 10.1 Å². The predicted molar refractivity (Wildman–Crippen MR) is 76.6 cm³/mol. The second kappa shape index (κ2) is 7.02. The van der Waals surface area contributed by atoms with Crippen molar-refractivity contribution in [1.82, 2.24) is 5.32 Å². The lowest BCUT2D eigenvalue weighted by molar-refractivity contribution is 0.253. The van der Waals surface area contributed by atoms with E-state index in [-0.39, 0.29) is 0 Å². The zero-order valence-corrected chi connectivity index (χ0v) is 12.7. The van der Waals surface area contributed by atoms with Gasteiger partial charge in [-0.2, -0.15) is 0 Å². The van der Waals surface area contributed by atoms with Crippen molar-refractivity contribution in [3.05, 3.63) is 28.2 Å². The highest BCUT2D eigenvalue weighted by Crippen LogP contribution is 2.28. The van der Waals surface area contributed by atoms with Gasteiger partial charge in [-0.25, -0.2) is 0 Å². The van der Waals surface area contributed by atoms with Gasteiger partial charge in [0.25, 0.3) is 0 Å². The molecule has 0 spiro atoms. The largest absolute Gasteiger partial charge is 0.493 e. The summed E-state index contributed by atoms with van der Waals surface area (Å²) in [5, 5.41) is 3.25. The number of ether oxygens (including phenoxy) is 1. The summed E-state index contributed by atoms with van der Waals surface area (Å²) in [6, 6.07) is 6.47. The Hall–Kier alpha value is -0.540. The molecule has 2 unspecified atom stereocenters. The van der Waals surface area contributed by atoms with Gasteiger partial charge in [0.2, 0.25) is 0 Å². The maximum absolute atomic E-state index is 5.91. The summed E-state index contributed by atoms with van der Waals surface area (Å²) in [4.78, 5) is 0. The van der Waals surface area contributed by atoms with Crippen molar-refractivity contribution < 1.29 is 4.74 Å². The van der Waals surface area contributed by atoms with E-state index < -0.39 is 0 Å². The van der Waals surface area contributed by atoms with Crippen LogP contribution in [0.15, 0.2) is 22.7 Å². The van der Waals surface area contributed by atoms with Crippen LogP contribution in [-0.2, 0) is 0 Å². The fraction of sp³-hybridized carbons (Fsp3) is 0.571. The molecule has 0 aliphatic rings. The molecule has 2 nitrogen and oxygen atoms in total. The quantitative estimate of drug-likeness (QED) is 0.852. The first-order chi connectivity index (χ1) is 8.08. The van der Waals surface area contributed by atoms with Gasteiger partial charge in [0.05, 0.1) is 6.61 Å². The van der Waals surface area contributed by atoms with Gasteiger partial charge in [-0.3, -0.25) is 0 Å². The molecule has 0 bridgehead atoms. The van der Waals surface area contributed by atoms with Crippen molar-refractivity contribution in [1.29, 1.82) is 0 Å². The van der Waals surface area contributed by atoms with Crippen molar-refractivity contribution >= 4 is 15.9 Å². The number of benzene rings is 1. The number of nitrogens with one attached hydrogen (secondary N) is 1. The topological polar surface area (TPSA) is 21.3 Å². The Bertz CT molecular complexity index is 354. The van der Waals surface area contributed by atoms with E-state index in [0.29, 0.717) is 12.0 Å². The molecule has 0 heterocycles. The van der Waals surface area contributed by atoms with Crippen molar-refractivity contribution in [3.8, 4) is 5.75 Å². The molecule has 0 saturated heterocycles. The maximum atomic E-state index is 5.91. The summed E-state index contributed by atoms with van der Waals surface area (Å²) in [6.45, 7) is 7.31. The summed E-state index contributed by atoms with van der Waals surface area (Å²) < 4.78 is 7.00. The fourth-order valence-electron chi connectivity index (χ4n) is 1.49. The minimum absolute atomic E-state index is 0.291. The van der Waals surface area contributed by atoms with E-state index in [1.165, 1.54) is 5.56 Å². The Morgan fingerprint density at radius 1 is 1.35 bits per heavy atom. The molecule has 1 rings (SSSR count). The Kier molecular flexibility index (Phi) is 6.00. The smallest absolute Gasteiger partial charge is 0.124 e. The molecule has 0 aromatic heterocycles.